The van der Waals surface area contributed by atoms with Crippen LogP contribution in [0.5, 0.6) is 5.75 Å². The molecule has 1 aliphatic heterocycles. The second-order valence-electron chi connectivity index (χ2n) is 8.30. The van der Waals surface area contributed by atoms with Gasteiger partial charge in [0.15, 0.2) is 0 Å². The van der Waals surface area contributed by atoms with Crippen molar-refractivity contribution in [2.24, 2.45) is 11.8 Å². The van der Waals surface area contributed by atoms with Gasteiger partial charge >= 0.3 is 5.97 Å². The summed E-state index contributed by atoms with van der Waals surface area (Å²) >= 11 is 0. The number of fused-ring (bicyclic) bond motifs is 1. The molecule has 0 aromatic heterocycles. The molecule has 1 fully saturated rings. The number of rotatable bonds is 5. The number of hydrogen-bond donors (Lipinski definition) is 2. The SMILES string of the molecule is COc1cc(C#N)ccc1N[C@H]1c2cc(C(=O)O)ccc2N(C(C)=O)[C@@H](C2CC2)[C@@H]1C. The smallest absolute Gasteiger partial charge is 0.335 e. The number of carbonyl (C=O) groups is 2. The van der Waals surface area contributed by atoms with Gasteiger partial charge in [0.05, 0.1) is 36.0 Å². The van der Waals surface area contributed by atoms with Crippen LogP contribution in [0.2, 0.25) is 0 Å². The summed E-state index contributed by atoms with van der Waals surface area (Å²) < 4.78 is 5.49. The molecule has 2 aliphatic rings. The lowest BCUT2D eigenvalue weighted by molar-refractivity contribution is -0.117. The van der Waals surface area contributed by atoms with Gasteiger partial charge in [0.25, 0.3) is 0 Å². The van der Waals surface area contributed by atoms with Crippen molar-refractivity contribution in [2.45, 2.75) is 38.8 Å². The monoisotopic (exact) mass is 419 g/mol. The van der Waals surface area contributed by atoms with Gasteiger partial charge in [0, 0.05) is 30.6 Å². The number of aromatic carboxylic acids is 1. The maximum Gasteiger partial charge on any atom is 0.335 e. The van der Waals surface area contributed by atoms with Crippen molar-refractivity contribution >= 4 is 23.3 Å². The molecule has 2 N–H and O–H groups in total. The van der Waals surface area contributed by atoms with Crippen molar-refractivity contribution < 1.29 is 19.4 Å². The Morgan fingerprint density at radius 3 is 2.55 bits per heavy atom. The standard InChI is InChI=1S/C24H25N3O4/c1-13-22(26-19-8-4-15(12-25)10-21(19)31-3)18-11-17(24(29)30)7-9-20(18)27(14(2)28)23(13)16-5-6-16/h4,7-11,13,16,22-23,26H,5-6H2,1-3H3,(H,29,30)/t13-,22-,23-/m1/s1. The molecule has 0 radical (unpaired) electrons. The Morgan fingerprint density at radius 2 is 1.97 bits per heavy atom. The van der Waals surface area contributed by atoms with Gasteiger partial charge in [-0.15, -0.1) is 0 Å². The van der Waals surface area contributed by atoms with Gasteiger partial charge in [-0.2, -0.15) is 5.26 Å². The van der Waals surface area contributed by atoms with E-state index in [-0.39, 0.29) is 29.5 Å². The van der Waals surface area contributed by atoms with Crippen LogP contribution in [0.25, 0.3) is 0 Å². The molecule has 31 heavy (non-hydrogen) atoms. The zero-order valence-electron chi connectivity index (χ0n) is 17.8. The summed E-state index contributed by atoms with van der Waals surface area (Å²) in [6.07, 6.45) is 2.16. The van der Waals surface area contributed by atoms with E-state index < -0.39 is 5.97 Å². The molecule has 1 aliphatic carbocycles. The summed E-state index contributed by atoms with van der Waals surface area (Å²) in [5.74, 6) is -0.0443. The maximum absolute atomic E-state index is 12.6. The highest BCUT2D eigenvalue weighted by atomic mass is 16.5. The quantitative estimate of drug-likeness (QED) is 0.753. The topological polar surface area (TPSA) is 103 Å². The van der Waals surface area contributed by atoms with Crippen molar-refractivity contribution in [2.75, 3.05) is 17.3 Å². The Morgan fingerprint density at radius 1 is 1.23 bits per heavy atom. The zero-order valence-corrected chi connectivity index (χ0v) is 17.8. The molecule has 4 rings (SSSR count). The third kappa shape index (κ3) is 3.70. The Balaban J connectivity index is 1.84. The van der Waals surface area contributed by atoms with Gasteiger partial charge < -0.3 is 20.1 Å². The first-order valence-electron chi connectivity index (χ1n) is 10.4. The van der Waals surface area contributed by atoms with E-state index in [1.54, 1.807) is 50.4 Å². The Kier molecular flexibility index (Phi) is 5.32. The molecule has 1 heterocycles. The molecular weight excluding hydrogens is 394 g/mol. The summed E-state index contributed by atoms with van der Waals surface area (Å²) in [7, 11) is 1.55. The van der Waals surface area contributed by atoms with E-state index in [2.05, 4.69) is 18.3 Å². The minimum Gasteiger partial charge on any atom is -0.495 e. The van der Waals surface area contributed by atoms with Crippen molar-refractivity contribution in [3.05, 3.63) is 53.1 Å². The fraction of sp³-hybridized carbons (Fsp3) is 0.375. The fourth-order valence-corrected chi connectivity index (χ4v) is 4.75. The minimum absolute atomic E-state index is 0.0301. The average molecular weight is 419 g/mol. The van der Waals surface area contributed by atoms with Crippen molar-refractivity contribution in [1.82, 2.24) is 0 Å². The zero-order chi connectivity index (χ0) is 22.3. The van der Waals surface area contributed by atoms with Crippen LogP contribution in [0.4, 0.5) is 11.4 Å². The molecule has 1 saturated carbocycles. The molecule has 1 amide bonds. The summed E-state index contributed by atoms with van der Waals surface area (Å²) in [5.41, 5.74) is 2.91. The fourth-order valence-electron chi connectivity index (χ4n) is 4.75. The summed E-state index contributed by atoms with van der Waals surface area (Å²) in [6.45, 7) is 3.66. The third-order valence-electron chi connectivity index (χ3n) is 6.32. The van der Waals surface area contributed by atoms with Crippen LogP contribution in [0.15, 0.2) is 36.4 Å². The van der Waals surface area contributed by atoms with E-state index in [1.807, 2.05) is 4.90 Å². The van der Waals surface area contributed by atoms with Gasteiger partial charge in [-0.3, -0.25) is 4.79 Å². The average Bonchev–Trinajstić information content (AvgIpc) is 3.59. The second kappa shape index (κ2) is 7.95. The number of carboxylic acids is 1. The highest BCUT2D eigenvalue weighted by Crippen LogP contribution is 2.50. The molecule has 3 atom stereocenters. The molecule has 7 nitrogen and oxygen atoms in total. The van der Waals surface area contributed by atoms with Gasteiger partial charge in [-0.1, -0.05) is 6.92 Å². The van der Waals surface area contributed by atoms with Gasteiger partial charge in [-0.25, -0.2) is 4.79 Å². The number of ether oxygens (including phenoxy) is 1. The van der Waals surface area contributed by atoms with E-state index in [0.717, 1.165) is 29.8 Å². The van der Waals surface area contributed by atoms with Crippen LogP contribution < -0.4 is 15.0 Å². The molecular formula is C24H25N3O4. The predicted octanol–water partition coefficient (Wildman–Crippen LogP) is 4.20. The second-order valence-corrected chi connectivity index (χ2v) is 8.30. The number of carboxylic acid groups (broad SMARTS) is 1. The summed E-state index contributed by atoms with van der Waals surface area (Å²) in [6, 6.07) is 12.0. The van der Waals surface area contributed by atoms with E-state index in [4.69, 9.17) is 4.74 Å². The van der Waals surface area contributed by atoms with Crippen LogP contribution >= 0.6 is 0 Å². The normalized spacial score (nSPS) is 22.3. The van der Waals surface area contributed by atoms with E-state index in [9.17, 15) is 20.0 Å². The van der Waals surface area contributed by atoms with E-state index in [1.165, 1.54) is 0 Å². The number of nitriles is 1. The van der Waals surface area contributed by atoms with Crippen LogP contribution in [-0.4, -0.2) is 30.1 Å². The lowest BCUT2D eigenvalue weighted by atomic mass is 9.79. The summed E-state index contributed by atoms with van der Waals surface area (Å²) in [4.78, 5) is 26.1. The predicted molar refractivity (Wildman–Crippen MR) is 116 cm³/mol. The van der Waals surface area contributed by atoms with Crippen molar-refractivity contribution in [3.63, 3.8) is 0 Å². The number of nitrogens with zero attached hydrogens (tertiary/aromatic N) is 2. The molecule has 0 unspecified atom stereocenters. The molecule has 0 bridgehead atoms. The highest BCUT2D eigenvalue weighted by molar-refractivity contribution is 5.96. The number of carbonyl (C=O) groups excluding carboxylic acids is 1. The van der Waals surface area contributed by atoms with E-state index in [0.29, 0.717) is 17.2 Å². The van der Waals surface area contributed by atoms with E-state index >= 15 is 0 Å². The first-order valence-corrected chi connectivity index (χ1v) is 10.4. The Hall–Kier alpha value is -3.53. The highest BCUT2D eigenvalue weighted by Gasteiger charge is 2.47. The lowest BCUT2D eigenvalue weighted by Gasteiger charge is -2.46. The number of methoxy groups -OCH3 is 1. The molecule has 160 valence electrons. The largest absolute Gasteiger partial charge is 0.495 e. The molecule has 0 saturated heterocycles. The first-order chi connectivity index (χ1) is 14.8. The molecule has 0 spiro atoms. The van der Waals surface area contributed by atoms with Crippen molar-refractivity contribution in [1.29, 1.82) is 5.26 Å². The van der Waals surface area contributed by atoms with Crippen molar-refractivity contribution in [3.8, 4) is 11.8 Å². The van der Waals surface area contributed by atoms with Gasteiger partial charge in [-0.05, 0) is 54.7 Å². The lowest BCUT2D eigenvalue weighted by Crippen LogP contribution is -2.51. The van der Waals surface area contributed by atoms with Crippen LogP contribution in [0, 0.1) is 23.2 Å². The number of hydrogen-bond acceptors (Lipinski definition) is 5. The number of anilines is 2. The van der Waals surface area contributed by atoms with Gasteiger partial charge in [0.2, 0.25) is 5.91 Å². The molecule has 7 heteroatoms. The molecule has 2 aromatic carbocycles. The third-order valence-corrected chi connectivity index (χ3v) is 6.32. The van der Waals surface area contributed by atoms with Crippen LogP contribution in [0.1, 0.15) is 54.2 Å². The first kappa shape index (κ1) is 20.7. The van der Waals surface area contributed by atoms with Gasteiger partial charge in [0.1, 0.15) is 5.75 Å². The summed E-state index contributed by atoms with van der Waals surface area (Å²) in [5, 5.41) is 22.3. The maximum atomic E-state index is 12.6. The van der Waals surface area contributed by atoms with Crippen LogP contribution in [-0.2, 0) is 4.79 Å². The number of benzene rings is 2. The number of nitrogens with one attached hydrogen (secondary N) is 1. The molecule has 2 aromatic rings. The Labute approximate surface area is 181 Å². The number of amides is 1. The van der Waals surface area contributed by atoms with Crippen LogP contribution in [0.3, 0.4) is 0 Å². The Bertz CT molecular complexity index is 1090. The minimum atomic E-state index is -1.01.